The maximum absolute atomic E-state index is 10.3. The lowest BCUT2D eigenvalue weighted by molar-refractivity contribution is -0.141. The van der Waals surface area contributed by atoms with Crippen molar-refractivity contribution in [3.8, 4) is 0 Å². The number of esters is 2. The summed E-state index contributed by atoms with van der Waals surface area (Å²) in [4.78, 5) is 20.5. The van der Waals surface area contributed by atoms with E-state index in [1.54, 1.807) is 13.8 Å². The predicted octanol–water partition coefficient (Wildman–Crippen LogP) is 2.59. The highest BCUT2D eigenvalue weighted by Gasteiger charge is 1.96. The van der Waals surface area contributed by atoms with E-state index < -0.39 is 5.97 Å². The standard InChI is InChI=1S/C6H10O3.C6H10O2.C2H3Cl/c1-2-6(8)9-5-3-4-7;1-4-6(7)8-5(2)3;1-2-3/h2,7H,1,3-5H2;4-5H,1H2,2-3H3;2H,1H2. The molecule has 0 aliphatic rings. The summed E-state index contributed by atoms with van der Waals surface area (Å²) in [6, 6.07) is 0. The third-order valence-electron chi connectivity index (χ3n) is 1.23. The summed E-state index contributed by atoms with van der Waals surface area (Å²) in [6.07, 6.45) is 2.69. The molecule has 0 amide bonds. The molecule has 0 aliphatic heterocycles. The zero-order valence-corrected chi connectivity index (χ0v) is 12.8. The van der Waals surface area contributed by atoms with Crippen LogP contribution in [0.1, 0.15) is 20.3 Å². The minimum Gasteiger partial charge on any atom is -0.462 e. The first-order valence-electron chi connectivity index (χ1n) is 5.83. The van der Waals surface area contributed by atoms with Gasteiger partial charge in [-0.15, -0.1) is 0 Å². The molecule has 0 bridgehead atoms. The Balaban J connectivity index is -0.000000243. The number of aliphatic hydroxyl groups excluding tert-OH is 1. The second-order valence-corrected chi connectivity index (χ2v) is 3.60. The summed E-state index contributed by atoms with van der Waals surface area (Å²) in [6.45, 7) is 13.5. The van der Waals surface area contributed by atoms with Crippen molar-refractivity contribution in [2.45, 2.75) is 26.4 Å². The minimum atomic E-state index is -0.441. The van der Waals surface area contributed by atoms with E-state index in [9.17, 15) is 9.59 Å². The molecule has 20 heavy (non-hydrogen) atoms. The first-order valence-corrected chi connectivity index (χ1v) is 6.27. The molecule has 0 radical (unpaired) electrons. The van der Waals surface area contributed by atoms with Gasteiger partial charge in [-0.3, -0.25) is 0 Å². The van der Waals surface area contributed by atoms with Gasteiger partial charge in [0.15, 0.2) is 0 Å². The molecular formula is C14H23ClO5. The van der Waals surface area contributed by atoms with Gasteiger partial charge in [-0.2, -0.15) is 0 Å². The van der Waals surface area contributed by atoms with Crippen molar-refractivity contribution in [1.82, 2.24) is 0 Å². The predicted molar refractivity (Wildman–Crippen MR) is 80.3 cm³/mol. The molecule has 0 saturated carbocycles. The molecule has 6 heteroatoms. The van der Waals surface area contributed by atoms with Crippen LogP contribution in [0, 0.1) is 0 Å². The minimum absolute atomic E-state index is 0.0412. The molecular weight excluding hydrogens is 284 g/mol. The number of hydrogen-bond acceptors (Lipinski definition) is 5. The number of aliphatic hydroxyl groups is 1. The third-order valence-corrected chi connectivity index (χ3v) is 1.23. The van der Waals surface area contributed by atoms with E-state index in [-0.39, 0.29) is 25.3 Å². The zero-order chi connectivity index (χ0) is 16.4. The van der Waals surface area contributed by atoms with Gasteiger partial charge in [-0.05, 0) is 19.4 Å². The third kappa shape index (κ3) is 29.9. The number of ether oxygens (including phenoxy) is 2. The van der Waals surface area contributed by atoms with Crippen molar-refractivity contribution in [3.63, 3.8) is 0 Å². The number of carbonyl (C=O) groups is 2. The van der Waals surface area contributed by atoms with Crippen LogP contribution < -0.4 is 0 Å². The molecule has 0 aliphatic carbocycles. The number of halogens is 1. The number of rotatable bonds is 6. The topological polar surface area (TPSA) is 72.8 Å². The molecule has 0 aromatic carbocycles. The van der Waals surface area contributed by atoms with Crippen LogP contribution in [0.15, 0.2) is 37.4 Å². The van der Waals surface area contributed by atoms with Gasteiger partial charge in [0.05, 0.1) is 12.7 Å². The van der Waals surface area contributed by atoms with Gasteiger partial charge in [0.1, 0.15) is 0 Å². The second kappa shape index (κ2) is 19.7. The molecule has 0 aromatic rings. The molecule has 0 atom stereocenters. The lowest BCUT2D eigenvalue weighted by atomic mass is 10.5. The van der Waals surface area contributed by atoms with Crippen molar-refractivity contribution in [2.75, 3.05) is 13.2 Å². The molecule has 0 unspecified atom stereocenters. The van der Waals surface area contributed by atoms with Gasteiger partial charge in [-0.1, -0.05) is 31.3 Å². The van der Waals surface area contributed by atoms with E-state index in [2.05, 4.69) is 29.2 Å². The van der Waals surface area contributed by atoms with Crippen LogP contribution in [0.25, 0.3) is 0 Å². The Labute approximate surface area is 125 Å². The van der Waals surface area contributed by atoms with Gasteiger partial charge in [-0.25, -0.2) is 9.59 Å². The first kappa shape index (κ1) is 23.5. The molecule has 0 saturated heterocycles. The Bertz CT molecular complexity index is 287. The Kier molecular flexibility index (Phi) is 23.2. The lowest BCUT2D eigenvalue weighted by Gasteiger charge is -2.02. The highest BCUT2D eigenvalue weighted by molar-refractivity contribution is 6.25. The normalized spacial score (nSPS) is 8.05. The quantitative estimate of drug-likeness (QED) is 0.464. The van der Waals surface area contributed by atoms with Gasteiger partial charge in [0, 0.05) is 25.2 Å². The molecule has 0 fully saturated rings. The summed E-state index contributed by atoms with van der Waals surface area (Å²) in [5, 5.41) is 8.23. The summed E-state index contributed by atoms with van der Waals surface area (Å²) in [5.74, 6) is -0.802. The Morgan fingerprint density at radius 1 is 1.20 bits per heavy atom. The number of carbonyl (C=O) groups excluding carboxylic acids is 2. The van der Waals surface area contributed by atoms with E-state index in [1.807, 2.05) is 0 Å². The summed E-state index contributed by atoms with van der Waals surface area (Å²) in [5.41, 5.74) is 1.22. The fourth-order valence-corrected chi connectivity index (χ4v) is 0.577. The fraction of sp³-hybridized carbons (Fsp3) is 0.429. The van der Waals surface area contributed by atoms with E-state index >= 15 is 0 Å². The average molecular weight is 307 g/mol. The van der Waals surface area contributed by atoms with E-state index in [1.165, 1.54) is 5.54 Å². The monoisotopic (exact) mass is 306 g/mol. The fourth-order valence-electron chi connectivity index (χ4n) is 0.577. The van der Waals surface area contributed by atoms with Crippen LogP contribution in [-0.4, -0.2) is 36.4 Å². The molecule has 5 nitrogen and oxygen atoms in total. The van der Waals surface area contributed by atoms with Crippen LogP contribution in [0.2, 0.25) is 0 Å². The summed E-state index contributed by atoms with van der Waals surface area (Å²) in [7, 11) is 0. The molecule has 0 aromatic heterocycles. The lowest BCUT2D eigenvalue weighted by Crippen LogP contribution is -2.07. The zero-order valence-electron chi connectivity index (χ0n) is 12.0. The molecule has 0 rings (SSSR count). The van der Waals surface area contributed by atoms with Crippen LogP contribution in [0.4, 0.5) is 0 Å². The highest BCUT2D eigenvalue weighted by Crippen LogP contribution is 1.87. The SMILES string of the molecule is C=CC(=O)OC(C)C.C=CC(=O)OCCCO.C=CCl. The summed E-state index contributed by atoms with van der Waals surface area (Å²) >= 11 is 4.76. The maximum atomic E-state index is 10.3. The second-order valence-electron chi connectivity index (χ2n) is 3.29. The van der Waals surface area contributed by atoms with Crippen molar-refractivity contribution in [2.24, 2.45) is 0 Å². The van der Waals surface area contributed by atoms with Crippen LogP contribution in [-0.2, 0) is 19.1 Å². The largest absolute Gasteiger partial charge is 0.462 e. The number of hydrogen-bond donors (Lipinski definition) is 1. The van der Waals surface area contributed by atoms with Gasteiger partial charge in [0.2, 0.25) is 0 Å². The van der Waals surface area contributed by atoms with E-state index in [0.29, 0.717) is 6.42 Å². The van der Waals surface area contributed by atoms with Gasteiger partial charge in [0.25, 0.3) is 0 Å². The Morgan fingerprint density at radius 2 is 1.65 bits per heavy atom. The highest BCUT2D eigenvalue weighted by atomic mass is 35.5. The average Bonchev–Trinajstić information content (AvgIpc) is 2.39. The van der Waals surface area contributed by atoms with Crippen LogP contribution in [0.3, 0.4) is 0 Å². The Hall–Kier alpha value is -1.59. The van der Waals surface area contributed by atoms with Crippen LogP contribution >= 0.6 is 11.6 Å². The van der Waals surface area contributed by atoms with E-state index in [4.69, 9.17) is 16.7 Å². The maximum Gasteiger partial charge on any atom is 0.330 e. The van der Waals surface area contributed by atoms with Crippen molar-refractivity contribution in [3.05, 3.63) is 37.4 Å². The van der Waals surface area contributed by atoms with Crippen molar-refractivity contribution >= 4 is 23.5 Å². The first-order chi connectivity index (χ1) is 9.39. The molecule has 0 heterocycles. The smallest absolute Gasteiger partial charge is 0.330 e. The van der Waals surface area contributed by atoms with E-state index in [0.717, 1.165) is 12.2 Å². The molecule has 0 spiro atoms. The van der Waals surface area contributed by atoms with Gasteiger partial charge < -0.3 is 14.6 Å². The molecule has 116 valence electrons. The molecule has 1 N–H and O–H groups in total. The van der Waals surface area contributed by atoms with Crippen LogP contribution in [0.5, 0.6) is 0 Å². The van der Waals surface area contributed by atoms with Crippen molar-refractivity contribution < 1.29 is 24.2 Å². The summed E-state index contributed by atoms with van der Waals surface area (Å²) < 4.78 is 9.16. The van der Waals surface area contributed by atoms with Crippen molar-refractivity contribution in [1.29, 1.82) is 0 Å². The van der Waals surface area contributed by atoms with Gasteiger partial charge >= 0.3 is 11.9 Å². The Morgan fingerprint density at radius 3 is 1.90 bits per heavy atom.